The molecule has 0 amide bonds. The van der Waals surface area contributed by atoms with Crippen LogP contribution < -0.4 is 5.32 Å². The predicted molar refractivity (Wildman–Crippen MR) is 56.2 cm³/mol. The van der Waals surface area contributed by atoms with Crippen LogP contribution in [0.3, 0.4) is 0 Å². The van der Waals surface area contributed by atoms with Crippen molar-refractivity contribution in [3.8, 4) is 0 Å². The molecule has 1 aliphatic carbocycles. The van der Waals surface area contributed by atoms with E-state index in [4.69, 9.17) is 4.74 Å². The van der Waals surface area contributed by atoms with Crippen LogP contribution in [0.1, 0.15) is 32.6 Å². The summed E-state index contributed by atoms with van der Waals surface area (Å²) in [6.07, 6.45) is 2.59. The van der Waals surface area contributed by atoms with Crippen molar-refractivity contribution >= 4 is 0 Å². The minimum atomic E-state index is -2.35. The summed E-state index contributed by atoms with van der Waals surface area (Å²) in [6, 6.07) is 0.260. The van der Waals surface area contributed by atoms with Crippen LogP contribution in [0, 0.1) is 5.92 Å². The van der Waals surface area contributed by atoms with Gasteiger partial charge in [-0.2, -0.15) is 0 Å². The maximum atomic E-state index is 11.9. The molecule has 0 spiro atoms. The van der Waals surface area contributed by atoms with Crippen LogP contribution in [0.25, 0.3) is 0 Å². The quantitative estimate of drug-likeness (QED) is 0.713. The van der Waals surface area contributed by atoms with Crippen LogP contribution in [-0.4, -0.2) is 32.2 Å². The van der Waals surface area contributed by atoms with Crippen molar-refractivity contribution in [3.63, 3.8) is 0 Å². The van der Waals surface area contributed by atoms with Crippen molar-refractivity contribution in [2.24, 2.45) is 5.92 Å². The minimum Gasteiger partial charge on any atom is -0.374 e. The van der Waals surface area contributed by atoms with Crippen LogP contribution in [0.5, 0.6) is 0 Å². The van der Waals surface area contributed by atoms with E-state index in [1.54, 1.807) is 0 Å². The van der Waals surface area contributed by atoms with Gasteiger partial charge in [-0.3, -0.25) is 0 Å². The zero-order chi connectivity index (χ0) is 11.1. The van der Waals surface area contributed by atoms with E-state index in [9.17, 15) is 8.78 Å². The van der Waals surface area contributed by atoms with Crippen LogP contribution in [0.15, 0.2) is 0 Å². The molecule has 0 aliphatic heterocycles. The summed E-state index contributed by atoms with van der Waals surface area (Å²) in [5, 5.41) is 3.33. The Bertz CT molecular complexity index is 161. The molecule has 0 aromatic carbocycles. The number of hydrogen-bond donors (Lipinski definition) is 1. The van der Waals surface area contributed by atoms with Crippen molar-refractivity contribution in [1.82, 2.24) is 5.32 Å². The molecule has 1 saturated carbocycles. The Balaban J connectivity index is 2.23. The molecule has 1 N–H and O–H groups in total. The Morgan fingerprint density at radius 3 is 2.47 bits per heavy atom. The van der Waals surface area contributed by atoms with E-state index in [0.29, 0.717) is 12.5 Å². The smallest absolute Gasteiger partial charge is 0.261 e. The fourth-order valence-electron chi connectivity index (χ4n) is 2.27. The lowest BCUT2D eigenvalue weighted by Crippen LogP contribution is -2.39. The van der Waals surface area contributed by atoms with Gasteiger partial charge >= 0.3 is 0 Å². The molecule has 0 heterocycles. The minimum absolute atomic E-state index is 0.260. The lowest BCUT2D eigenvalue weighted by Gasteiger charge is -2.24. The molecule has 1 rings (SSSR count). The van der Waals surface area contributed by atoms with E-state index in [1.807, 2.05) is 6.92 Å². The summed E-state index contributed by atoms with van der Waals surface area (Å²) in [6.45, 7) is 2.89. The Morgan fingerprint density at radius 1 is 1.27 bits per heavy atom. The van der Waals surface area contributed by atoms with Crippen molar-refractivity contribution in [3.05, 3.63) is 0 Å². The second-order valence-corrected chi connectivity index (χ2v) is 4.14. The number of rotatable bonds is 7. The first-order valence-corrected chi connectivity index (χ1v) is 5.83. The molecule has 0 radical (unpaired) electrons. The number of hydrogen-bond acceptors (Lipinski definition) is 2. The fraction of sp³-hybridized carbons (Fsp3) is 1.00. The molecule has 4 heteroatoms. The summed E-state index contributed by atoms with van der Waals surface area (Å²) in [4.78, 5) is 0. The van der Waals surface area contributed by atoms with Crippen LogP contribution >= 0.6 is 0 Å². The molecular formula is C11H21F2NO. The van der Waals surface area contributed by atoms with E-state index in [2.05, 4.69) is 5.32 Å². The topological polar surface area (TPSA) is 21.3 Å². The van der Waals surface area contributed by atoms with Gasteiger partial charge in [0.05, 0.1) is 6.61 Å². The highest BCUT2D eigenvalue weighted by Gasteiger charge is 2.24. The lowest BCUT2D eigenvalue weighted by molar-refractivity contribution is 0.00380. The number of nitrogens with one attached hydrogen (secondary N) is 1. The number of alkyl halides is 2. The van der Waals surface area contributed by atoms with Crippen LogP contribution in [0.2, 0.25) is 0 Å². The Hall–Kier alpha value is -0.220. The van der Waals surface area contributed by atoms with Crippen molar-refractivity contribution in [2.75, 3.05) is 19.8 Å². The zero-order valence-electron chi connectivity index (χ0n) is 9.35. The zero-order valence-corrected chi connectivity index (χ0v) is 9.35. The van der Waals surface area contributed by atoms with Gasteiger partial charge in [-0.1, -0.05) is 19.8 Å². The number of likely N-dealkylation sites (N-methyl/N-ethyl adjacent to an activating group) is 1. The van der Waals surface area contributed by atoms with E-state index < -0.39 is 13.0 Å². The third kappa shape index (κ3) is 4.89. The predicted octanol–water partition coefficient (Wildman–Crippen LogP) is 2.44. The molecule has 1 fully saturated rings. The van der Waals surface area contributed by atoms with E-state index in [0.717, 1.165) is 6.54 Å². The van der Waals surface area contributed by atoms with E-state index in [-0.39, 0.29) is 6.04 Å². The van der Waals surface area contributed by atoms with Crippen molar-refractivity contribution < 1.29 is 13.5 Å². The van der Waals surface area contributed by atoms with E-state index >= 15 is 0 Å². The van der Waals surface area contributed by atoms with Gasteiger partial charge in [0.15, 0.2) is 0 Å². The summed E-state index contributed by atoms with van der Waals surface area (Å²) >= 11 is 0. The molecule has 0 bridgehead atoms. The number of ether oxygens (including phenoxy) is 1. The second kappa shape index (κ2) is 7.12. The Morgan fingerprint density at radius 2 is 1.93 bits per heavy atom. The number of halogens is 2. The highest BCUT2D eigenvalue weighted by atomic mass is 19.3. The van der Waals surface area contributed by atoms with Gasteiger partial charge in [-0.05, 0) is 25.3 Å². The summed E-state index contributed by atoms with van der Waals surface area (Å²) in [5.74, 6) is 0.614. The standard InChI is InChI=1S/C11H21F2NO/c1-2-14-10(7-15-8-11(12)13)9-5-3-4-6-9/h9-11,14H,2-8H2,1H3. The third-order valence-corrected chi connectivity index (χ3v) is 2.98. The third-order valence-electron chi connectivity index (χ3n) is 2.98. The fourth-order valence-corrected chi connectivity index (χ4v) is 2.27. The molecule has 0 aromatic rings. The molecule has 0 saturated heterocycles. The molecule has 90 valence electrons. The molecule has 15 heavy (non-hydrogen) atoms. The molecular weight excluding hydrogens is 200 g/mol. The lowest BCUT2D eigenvalue weighted by atomic mass is 9.99. The van der Waals surface area contributed by atoms with Gasteiger partial charge in [0.1, 0.15) is 6.61 Å². The van der Waals surface area contributed by atoms with E-state index in [1.165, 1.54) is 25.7 Å². The average Bonchev–Trinajstić information content (AvgIpc) is 2.68. The van der Waals surface area contributed by atoms with Crippen LogP contribution in [0.4, 0.5) is 8.78 Å². The summed E-state index contributed by atoms with van der Waals surface area (Å²) in [7, 11) is 0. The van der Waals surface area contributed by atoms with Gasteiger partial charge in [0.2, 0.25) is 0 Å². The maximum Gasteiger partial charge on any atom is 0.261 e. The first kappa shape index (κ1) is 12.8. The van der Waals surface area contributed by atoms with Gasteiger partial charge in [0, 0.05) is 6.04 Å². The highest BCUT2D eigenvalue weighted by molar-refractivity contribution is 4.80. The van der Waals surface area contributed by atoms with Gasteiger partial charge in [-0.25, -0.2) is 8.78 Å². The largest absolute Gasteiger partial charge is 0.374 e. The maximum absolute atomic E-state index is 11.9. The molecule has 1 atom stereocenters. The van der Waals surface area contributed by atoms with Crippen molar-refractivity contribution in [1.29, 1.82) is 0 Å². The summed E-state index contributed by atoms with van der Waals surface area (Å²) in [5.41, 5.74) is 0. The van der Waals surface area contributed by atoms with Gasteiger partial charge < -0.3 is 10.1 Å². The second-order valence-electron chi connectivity index (χ2n) is 4.14. The van der Waals surface area contributed by atoms with Gasteiger partial charge in [0.25, 0.3) is 6.43 Å². The van der Waals surface area contributed by atoms with Gasteiger partial charge in [-0.15, -0.1) is 0 Å². The molecule has 2 nitrogen and oxygen atoms in total. The Kier molecular flexibility index (Phi) is 6.10. The SMILES string of the molecule is CCNC(COCC(F)F)C1CCCC1. The first-order chi connectivity index (χ1) is 7.24. The Labute approximate surface area is 90.4 Å². The molecule has 0 aromatic heterocycles. The normalized spacial score (nSPS) is 20.0. The van der Waals surface area contributed by atoms with Crippen LogP contribution in [-0.2, 0) is 4.74 Å². The molecule has 1 unspecified atom stereocenters. The molecule has 1 aliphatic rings. The van der Waals surface area contributed by atoms with Crippen molar-refractivity contribution in [2.45, 2.75) is 45.1 Å². The first-order valence-electron chi connectivity index (χ1n) is 5.83. The highest BCUT2D eigenvalue weighted by Crippen LogP contribution is 2.27. The summed E-state index contributed by atoms with van der Waals surface area (Å²) < 4.78 is 28.8. The average molecular weight is 221 g/mol. The monoisotopic (exact) mass is 221 g/mol.